The van der Waals surface area contributed by atoms with Gasteiger partial charge in [0.05, 0.1) is 0 Å². The van der Waals surface area contributed by atoms with Crippen molar-refractivity contribution in [3.05, 3.63) is 11.6 Å². The highest BCUT2D eigenvalue weighted by molar-refractivity contribution is 5.06. The van der Waals surface area contributed by atoms with E-state index in [1.54, 1.807) is 5.57 Å². The fraction of sp³-hybridized carbons (Fsp3) is 0.846. The molecule has 0 amide bonds. The zero-order valence-electron chi connectivity index (χ0n) is 9.23. The second-order valence-electron chi connectivity index (χ2n) is 4.83. The Morgan fingerprint density at radius 2 is 1.79 bits per heavy atom. The minimum absolute atomic E-state index is 0.928. The maximum atomic E-state index is 3.47. The first kappa shape index (κ1) is 10.2. The van der Waals surface area contributed by atoms with Gasteiger partial charge in [-0.2, -0.15) is 0 Å². The number of hydrogen-bond acceptors (Lipinski definition) is 1. The summed E-state index contributed by atoms with van der Waals surface area (Å²) < 4.78 is 0. The number of nitrogens with one attached hydrogen (secondary N) is 1. The van der Waals surface area contributed by atoms with Crippen LogP contribution in [0.5, 0.6) is 0 Å². The molecule has 1 aliphatic heterocycles. The van der Waals surface area contributed by atoms with E-state index < -0.39 is 0 Å². The molecule has 1 saturated heterocycles. The van der Waals surface area contributed by atoms with Gasteiger partial charge in [0.25, 0.3) is 0 Å². The van der Waals surface area contributed by atoms with Gasteiger partial charge < -0.3 is 5.32 Å². The van der Waals surface area contributed by atoms with E-state index in [0.29, 0.717) is 0 Å². The summed E-state index contributed by atoms with van der Waals surface area (Å²) in [5.74, 6) is 0.928. The first-order valence-electron chi connectivity index (χ1n) is 6.35. The molecule has 0 unspecified atom stereocenters. The van der Waals surface area contributed by atoms with Crippen molar-refractivity contribution in [3.8, 4) is 0 Å². The summed E-state index contributed by atoms with van der Waals surface area (Å²) in [7, 11) is 0. The van der Waals surface area contributed by atoms with Crippen LogP contribution in [0.2, 0.25) is 0 Å². The Kier molecular flexibility index (Phi) is 4.05. The molecule has 14 heavy (non-hydrogen) atoms. The first-order valence-corrected chi connectivity index (χ1v) is 6.35. The van der Waals surface area contributed by atoms with Crippen molar-refractivity contribution >= 4 is 0 Å². The van der Waals surface area contributed by atoms with Crippen LogP contribution >= 0.6 is 0 Å². The van der Waals surface area contributed by atoms with Gasteiger partial charge in [-0.3, -0.25) is 0 Å². The molecule has 1 heterocycles. The second kappa shape index (κ2) is 5.55. The van der Waals surface area contributed by atoms with E-state index in [2.05, 4.69) is 11.4 Å². The SMILES string of the molecule is C(=C1\CCCNCC1)/C1CCCCC1. The molecule has 2 aliphatic rings. The highest BCUT2D eigenvalue weighted by Crippen LogP contribution is 2.27. The summed E-state index contributed by atoms with van der Waals surface area (Å²) in [6, 6.07) is 0. The monoisotopic (exact) mass is 193 g/mol. The standard InChI is InChI=1S/C13H23N/c1-2-5-12(6-3-1)11-13-7-4-9-14-10-8-13/h11-12,14H,1-10H2/b13-11-. The Morgan fingerprint density at radius 1 is 0.929 bits per heavy atom. The van der Waals surface area contributed by atoms with Gasteiger partial charge in [0.2, 0.25) is 0 Å². The van der Waals surface area contributed by atoms with Crippen LogP contribution in [0.1, 0.15) is 51.4 Å². The minimum Gasteiger partial charge on any atom is -0.316 e. The van der Waals surface area contributed by atoms with E-state index in [1.807, 2.05) is 0 Å². The molecule has 1 heteroatoms. The quantitative estimate of drug-likeness (QED) is 0.630. The Hall–Kier alpha value is -0.300. The lowest BCUT2D eigenvalue weighted by Gasteiger charge is -2.19. The largest absolute Gasteiger partial charge is 0.316 e. The van der Waals surface area contributed by atoms with Gasteiger partial charge in [0.1, 0.15) is 0 Å². The predicted octanol–water partition coefficient (Wildman–Crippen LogP) is 3.27. The van der Waals surface area contributed by atoms with E-state index >= 15 is 0 Å². The molecule has 1 aliphatic carbocycles. The van der Waals surface area contributed by atoms with Crippen molar-refractivity contribution < 1.29 is 0 Å². The zero-order chi connectivity index (χ0) is 9.64. The van der Waals surface area contributed by atoms with Gasteiger partial charge in [-0.25, -0.2) is 0 Å². The van der Waals surface area contributed by atoms with Crippen molar-refractivity contribution in [1.29, 1.82) is 0 Å². The van der Waals surface area contributed by atoms with Crippen LogP contribution in [0.4, 0.5) is 0 Å². The molecule has 0 aromatic rings. The molecular formula is C13H23N. The maximum absolute atomic E-state index is 3.47. The van der Waals surface area contributed by atoms with Crippen molar-refractivity contribution in [1.82, 2.24) is 5.32 Å². The van der Waals surface area contributed by atoms with Crippen LogP contribution in [0, 0.1) is 5.92 Å². The fourth-order valence-electron chi connectivity index (χ4n) is 2.74. The molecule has 0 radical (unpaired) electrons. The molecule has 2 fully saturated rings. The van der Waals surface area contributed by atoms with Gasteiger partial charge in [-0.05, 0) is 51.1 Å². The third-order valence-corrected chi connectivity index (χ3v) is 3.60. The topological polar surface area (TPSA) is 12.0 Å². The van der Waals surface area contributed by atoms with E-state index in [-0.39, 0.29) is 0 Å². The van der Waals surface area contributed by atoms with E-state index in [0.717, 1.165) is 5.92 Å². The zero-order valence-corrected chi connectivity index (χ0v) is 9.23. The highest BCUT2D eigenvalue weighted by atomic mass is 14.8. The van der Waals surface area contributed by atoms with Gasteiger partial charge >= 0.3 is 0 Å². The predicted molar refractivity (Wildman–Crippen MR) is 61.4 cm³/mol. The molecule has 1 nitrogen and oxygen atoms in total. The number of hydrogen-bond donors (Lipinski definition) is 1. The van der Waals surface area contributed by atoms with E-state index in [1.165, 1.54) is 64.5 Å². The minimum atomic E-state index is 0.928. The van der Waals surface area contributed by atoms with Crippen LogP contribution < -0.4 is 5.32 Å². The maximum Gasteiger partial charge on any atom is -0.00116 e. The summed E-state index contributed by atoms with van der Waals surface area (Å²) in [6.45, 7) is 2.43. The van der Waals surface area contributed by atoms with E-state index in [4.69, 9.17) is 0 Å². The molecular weight excluding hydrogens is 170 g/mol. The Balaban J connectivity index is 1.86. The summed E-state index contributed by atoms with van der Waals surface area (Å²) in [5.41, 5.74) is 1.74. The third-order valence-electron chi connectivity index (χ3n) is 3.60. The Bertz CT molecular complexity index is 179. The Morgan fingerprint density at radius 3 is 2.64 bits per heavy atom. The van der Waals surface area contributed by atoms with Crippen LogP contribution in [0.15, 0.2) is 11.6 Å². The van der Waals surface area contributed by atoms with Crippen molar-refractivity contribution in [3.63, 3.8) is 0 Å². The molecule has 0 aromatic carbocycles. The third kappa shape index (κ3) is 3.13. The Labute approximate surface area is 88.0 Å². The lowest BCUT2D eigenvalue weighted by Crippen LogP contribution is -2.13. The van der Waals surface area contributed by atoms with Gasteiger partial charge in [-0.15, -0.1) is 0 Å². The average molecular weight is 193 g/mol. The lowest BCUT2D eigenvalue weighted by atomic mass is 9.87. The van der Waals surface area contributed by atoms with Gasteiger partial charge in [0, 0.05) is 0 Å². The molecule has 80 valence electrons. The van der Waals surface area contributed by atoms with Gasteiger partial charge in [-0.1, -0.05) is 30.9 Å². The molecule has 1 saturated carbocycles. The number of rotatable bonds is 1. The normalized spacial score (nSPS) is 29.0. The van der Waals surface area contributed by atoms with Crippen LogP contribution in [-0.2, 0) is 0 Å². The molecule has 0 spiro atoms. The summed E-state index contributed by atoms with van der Waals surface area (Å²) in [4.78, 5) is 0. The smallest absolute Gasteiger partial charge is 0.00116 e. The molecule has 0 atom stereocenters. The molecule has 2 rings (SSSR count). The van der Waals surface area contributed by atoms with Gasteiger partial charge in [0.15, 0.2) is 0 Å². The average Bonchev–Trinajstić information content (AvgIpc) is 2.48. The second-order valence-corrected chi connectivity index (χ2v) is 4.83. The fourth-order valence-corrected chi connectivity index (χ4v) is 2.74. The lowest BCUT2D eigenvalue weighted by molar-refractivity contribution is 0.416. The van der Waals surface area contributed by atoms with Crippen molar-refractivity contribution in [2.45, 2.75) is 51.4 Å². The molecule has 1 N–H and O–H groups in total. The van der Waals surface area contributed by atoms with Crippen LogP contribution in [0.3, 0.4) is 0 Å². The number of allylic oxidation sites excluding steroid dienone is 1. The highest BCUT2D eigenvalue weighted by Gasteiger charge is 2.12. The summed E-state index contributed by atoms with van der Waals surface area (Å²) >= 11 is 0. The first-order chi connectivity index (χ1) is 6.95. The van der Waals surface area contributed by atoms with Crippen molar-refractivity contribution in [2.24, 2.45) is 5.92 Å². The summed E-state index contributed by atoms with van der Waals surface area (Å²) in [5, 5.41) is 3.47. The van der Waals surface area contributed by atoms with E-state index in [9.17, 15) is 0 Å². The van der Waals surface area contributed by atoms with Crippen molar-refractivity contribution in [2.75, 3.05) is 13.1 Å². The van der Waals surface area contributed by atoms with Crippen LogP contribution in [0.25, 0.3) is 0 Å². The molecule has 0 bridgehead atoms. The summed E-state index contributed by atoms with van der Waals surface area (Å²) in [6.07, 6.45) is 13.9. The molecule has 0 aromatic heterocycles. The van der Waals surface area contributed by atoms with Crippen LogP contribution in [-0.4, -0.2) is 13.1 Å².